The first-order valence-electron chi connectivity index (χ1n) is 7.00. The van der Waals surface area contributed by atoms with Crippen molar-refractivity contribution in [2.24, 2.45) is 0 Å². The number of anilines is 1. The van der Waals surface area contributed by atoms with E-state index in [0.717, 1.165) is 30.9 Å². The first kappa shape index (κ1) is 12.4. The highest BCUT2D eigenvalue weighted by Crippen LogP contribution is 2.25. The topological polar surface area (TPSA) is 79.4 Å². The monoisotopic (exact) mass is 288 g/mol. The van der Waals surface area contributed by atoms with Crippen LogP contribution in [0.2, 0.25) is 0 Å². The lowest BCUT2D eigenvalue weighted by molar-refractivity contribution is 0.0907. The fourth-order valence-corrected chi connectivity index (χ4v) is 2.79. The predicted molar refractivity (Wildman–Crippen MR) is 73.8 cm³/mol. The highest BCUT2D eigenvalue weighted by atomic mass is 16.5. The van der Waals surface area contributed by atoms with E-state index >= 15 is 0 Å². The number of amides is 2. The minimum atomic E-state index is -0.0442. The Bertz CT molecular complexity index is 631. The van der Waals surface area contributed by atoms with Gasteiger partial charge in [0.25, 0.3) is 0 Å². The molecule has 21 heavy (non-hydrogen) atoms. The van der Waals surface area contributed by atoms with E-state index in [2.05, 4.69) is 20.5 Å². The lowest BCUT2D eigenvalue weighted by atomic mass is 10.1. The van der Waals surface area contributed by atoms with Gasteiger partial charge in [0.15, 0.2) is 0 Å². The van der Waals surface area contributed by atoms with E-state index in [-0.39, 0.29) is 6.03 Å². The second-order valence-electron chi connectivity index (χ2n) is 5.44. The van der Waals surface area contributed by atoms with Gasteiger partial charge in [-0.15, -0.1) is 0 Å². The maximum Gasteiger partial charge on any atom is 0.322 e. The van der Waals surface area contributed by atoms with E-state index < -0.39 is 0 Å². The Morgan fingerprint density at radius 1 is 1.38 bits per heavy atom. The van der Waals surface area contributed by atoms with Crippen LogP contribution in [0.3, 0.4) is 0 Å². The second-order valence-corrected chi connectivity index (χ2v) is 5.44. The molecule has 2 amide bonds. The van der Waals surface area contributed by atoms with E-state index in [1.807, 2.05) is 10.9 Å². The Kier molecular flexibility index (Phi) is 2.88. The average Bonchev–Trinajstić information content (AvgIpc) is 3.14. The van der Waals surface area contributed by atoms with E-state index in [1.165, 1.54) is 0 Å². The summed E-state index contributed by atoms with van der Waals surface area (Å²) in [6, 6.07) is 0.321. The third-order valence-electron chi connectivity index (χ3n) is 3.96. The molecule has 0 aromatic carbocycles. The van der Waals surface area contributed by atoms with Gasteiger partial charge in [0.2, 0.25) is 0 Å². The Hall–Kier alpha value is -2.35. The summed E-state index contributed by atoms with van der Waals surface area (Å²) in [4.78, 5) is 15.6. The maximum atomic E-state index is 11.6. The van der Waals surface area contributed by atoms with Gasteiger partial charge in [0.05, 0.1) is 24.1 Å². The van der Waals surface area contributed by atoms with Crippen LogP contribution in [0.4, 0.5) is 10.5 Å². The highest BCUT2D eigenvalue weighted by Gasteiger charge is 2.30. The molecule has 8 heteroatoms. The van der Waals surface area contributed by atoms with Crippen LogP contribution in [-0.4, -0.2) is 52.0 Å². The van der Waals surface area contributed by atoms with Crippen molar-refractivity contribution in [3.05, 3.63) is 30.4 Å². The summed E-state index contributed by atoms with van der Waals surface area (Å²) in [5.74, 6) is 0. The van der Waals surface area contributed by atoms with Gasteiger partial charge in [0, 0.05) is 44.5 Å². The fourth-order valence-electron chi connectivity index (χ4n) is 2.79. The molecule has 2 aliphatic heterocycles. The lowest BCUT2D eigenvalue weighted by Gasteiger charge is -2.38. The number of likely N-dealkylation sites (tertiary alicyclic amines) is 1. The van der Waals surface area contributed by atoms with Crippen LogP contribution in [0.1, 0.15) is 11.6 Å². The van der Waals surface area contributed by atoms with Crippen LogP contribution >= 0.6 is 0 Å². The number of rotatable bonds is 4. The van der Waals surface area contributed by atoms with E-state index in [9.17, 15) is 4.79 Å². The summed E-state index contributed by atoms with van der Waals surface area (Å²) in [6.45, 7) is 4.13. The molecule has 8 nitrogen and oxygen atoms in total. The molecule has 1 N–H and O–H groups in total. The zero-order chi connectivity index (χ0) is 14.2. The van der Waals surface area contributed by atoms with Crippen LogP contribution in [0.15, 0.2) is 29.4 Å². The second kappa shape index (κ2) is 4.88. The first-order valence-corrected chi connectivity index (χ1v) is 7.00. The van der Waals surface area contributed by atoms with Crippen molar-refractivity contribution in [1.29, 1.82) is 0 Å². The number of urea groups is 1. The van der Waals surface area contributed by atoms with Crippen LogP contribution in [0.5, 0.6) is 0 Å². The standard InChI is InChI=1S/C13H16N6O2/c20-13-14-1-2-18(13)11-4-15-19(8-11)12-6-17(7-12)5-10-3-16-21-9-10/h3-4,8-9,12H,1-2,5-7H2,(H,14,20). The van der Waals surface area contributed by atoms with Crippen molar-refractivity contribution in [3.8, 4) is 0 Å². The number of hydrogen-bond donors (Lipinski definition) is 1. The number of aromatic nitrogens is 3. The summed E-state index contributed by atoms with van der Waals surface area (Å²) in [5.41, 5.74) is 1.95. The van der Waals surface area contributed by atoms with Crippen LogP contribution in [0.25, 0.3) is 0 Å². The number of carbonyl (C=O) groups excluding carboxylic acids is 1. The molecule has 2 aliphatic rings. The first-order chi connectivity index (χ1) is 10.3. The molecule has 2 aromatic heterocycles. The van der Waals surface area contributed by atoms with Crippen LogP contribution in [-0.2, 0) is 6.54 Å². The quantitative estimate of drug-likeness (QED) is 0.884. The molecule has 4 rings (SSSR count). The molecular formula is C13H16N6O2. The molecule has 0 unspecified atom stereocenters. The summed E-state index contributed by atoms with van der Waals surface area (Å²) < 4.78 is 6.78. The molecule has 2 saturated heterocycles. The third-order valence-corrected chi connectivity index (χ3v) is 3.96. The van der Waals surface area contributed by atoms with Crippen LogP contribution < -0.4 is 10.2 Å². The van der Waals surface area contributed by atoms with Crippen LogP contribution in [0, 0.1) is 0 Å². The summed E-state index contributed by atoms with van der Waals surface area (Å²) in [6.07, 6.45) is 7.12. The molecule has 0 spiro atoms. The summed E-state index contributed by atoms with van der Waals surface area (Å²) in [7, 11) is 0. The zero-order valence-corrected chi connectivity index (χ0v) is 11.5. The van der Waals surface area contributed by atoms with E-state index in [1.54, 1.807) is 23.6 Å². The van der Waals surface area contributed by atoms with Gasteiger partial charge >= 0.3 is 6.03 Å². The molecule has 0 aliphatic carbocycles. The number of nitrogens with one attached hydrogen (secondary N) is 1. The van der Waals surface area contributed by atoms with Gasteiger partial charge in [0.1, 0.15) is 6.26 Å². The van der Waals surface area contributed by atoms with Crippen molar-refractivity contribution in [3.63, 3.8) is 0 Å². The molecular weight excluding hydrogens is 272 g/mol. The maximum absolute atomic E-state index is 11.6. The Morgan fingerprint density at radius 3 is 3.00 bits per heavy atom. The van der Waals surface area contributed by atoms with E-state index in [4.69, 9.17) is 4.52 Å². The third kappa shape index (κ3) is 2.27. The normalized spacial score (nSPS) is 19.8. The fraction of sp³-hybridized carbons (Fsp3) is 0.462. The highest BCUT2D eigenvalue weighted by molar-refractivity contribution is 5.93. The molecule has 4 heterocycles. The number of carbonyl (C=O) groups is 1. The van der Waals surface area contributed by atoms with Gasteiger partial charge in [-0.25, -0.2) is 4.79 Å². The minimum Gasteiger partial charge on any atom is -0.364 e. The molecule has 2 aromatic rings. The van der Waals surface area contributed by atoms with Gasteiger partial charge in [-0.3, -0.25) is 14.5 Å². The zero-order valence-electron chi connectivity index (χ0n) is 11.5. The Balaban J connectivity index is 1.36. The van der Waals surface area contributed by atoms with E-state index in [0.29, 0.717) is 19.1 Å². The van der Waals surface area contributed by atoms with Crippen molar-refractivity contribution >= 4 is 11.7 Å². The van der Waals surface area contributed by atoms with Gasteiger partial charge in [-0.1, -0.05) is 5.16 Å². The van der Waals surface area contributed by atoms with Gasteiger partial charge in [-0.2, -0.15) is 5.10 Å². The Labute approximate surface area is 121 Å². The molecule has 0 saturated carbocycles. The van der Waals surface area contributed by atoms with Crippen molar-refractivity contribution in [2.75, 3.05) is 31.1 Å². The smallest absolute Gasteiger partial charge is 0.322 e. The molecule has 0 atom stereocenters. The van der Waals surface area contributed by atoms with Crippen molar-refractivity contribution < 1.29 is 9.32 Å². The number of hydrogen-bond acceptors (Lipinski definition) is 5. The summed E-state index contributed by atoms with van der Waals surface area (Å²) in [5, 5.41) is 10.9. The molecule has 0 bridgehead atoms. The van der Waals surface area contributed by atoms with Gasteiger partial charge < -0.3 is 9.84 Å². The van der Waals surface area contributed by atoms with Crippen molar-refractivity contribution in [2.45, 2.75) is 12.6 Å². The number of nitrogens with zero attached hydrogens (tertiary/aromatic N) is 5. The van der Waals surface area contributed by atoms with Crippen molar-refractivity contribution in [1.82, 2.24) is 25.2 Å². The minimum absolute atomic E-state index is 0.0442. The average molecular weight is 288 g/mol. The molecule has 2 fully saturated rings. The predicted octanol–water partition coefficient (Wildman–Crippen LogP) is 0.458. The molecule has 0 radical (unpaired) electrons. The molecule has 110 valence electrons. The Morgan fingerprint density at radius 2 is 2.29 bits per heavy atom. The lowest BCUT2D eigenvalue weighted by Crippen LogP contribution is -2.47. The SMILES string of the molecule is O=C1NCCN1c1cnn(C2CN(Cc3cnoc3)C2)c1. The largest absolute Gasteiger partial charge is 0.364 e. The van der Waals surface area contributed by atoms with Gasteiger partial charge in [-0.05, 0) is 0 Å². The summed E-state index contributed by atoms with van der Waals surface area (Å²) >= 11 is 0.